The molecule has 1 atom stereocenters. The average molecular weight is 476 g/mol. The summed E-state index contributed by atoms with van der Waals surface area (Å²) in [5, 5.41) is 14.9. The highest BCUT2D eigenvalue weighted by molar-refractivity contribution is 6.03. The second kappa shape index (κ2) is 9.28. The first-order chi connectivity index (χ1) is 16.9. The molecule has 182 valence electrons. The quantitative estimate of drug-likeness (QED) is 0.605. The number of ether oxygens (including phenoxy) is 1. The third-order valence-electron chi connectivity index (χ3n) is 6.90. The number of hydrazine groups is 1. The molecule has 0 radical (unpaired) electrons. The predicted molar refractivity (Wildman–Crippen MR) is 134 cm³/mol. The summed E-state index contributed by atoms with van der Waals surface area (Å²) in [5.74, 6) is 1.31. The lowest BCUT2D eigenvalue weighted by molar-refractivity contribution is -0.0734. The number of aliphatic hydroxyl groups is 1. The van der Waals surface area contributed by atoms with Gasteiger partial charge in [-0.25, -0.2) is 14.4 Å². The van der Waals surface area contributed by atoms with Crippen molar-refractivity contribution in [1.29, 1.82) is 0 Å². The molecule has 8 heteroatoms. The summed E-state index contributed by atoms with van der Waals surface area (Å²) in [7, 11) is 3.68. The minimum absolute atomic E-state index is 0.0951. The van der Waals surface area contributed by atoms with Gasteiger partial charge in [-0.3, -0.25) is 10.0 Å². The van der Waals surface area contributed by atoms with Crippen LogP contribution in [0.1, 0.15) is 29.7 Å². The molecule has 0 amide bonds. The van der Waals surface area contributed by atoms with E-state index in [9.17, 15) is 9.50 Å². The number of hydrogen-bond acceptors (Lipinski definition) is 6. The Balaban J connectivity index is 1.53. The second-order valence-electron chi connectivity index (χ2n) is 9.12. The lowest BCUT2D eigenvalue weighted by Crippen LogP contribution is -2.63. The Bertz CT molecular complexity index is 1280. The summed E-state index contributed by atoms with van der Waals surface area (Å²) in [6, 6.07) is 12.5. The molecule has 0 bridgehead atoms. The van der Waals surface area contributed by atoms with Gasteiger partial charge in [0.05, 0.1) is 31.4 Å². The number of halogens is 1. The molecule has 7 nitrogen and oxygen atoms in total. The molecule has 3 heterocycles. The molecule has 35 heavy (non-hydrogen) atoms. The number of aromatic nitrogens is 2. The van der Waals surface area contributed by atoms with Gasteiger partial charge in [0.15, 0.2) is 0 Å². The van der Waals surface area contributed by atoms with E-state index in [1.54, 1.807) is 25.6 Å². The van der Waals surface area contributed by atoms with Gasteiger partial charge in [0.2, 0.25) is 0 Å². The number of nitrogens with zero attached hydrogens (tertiary/aromatic N) is 5. The number of hydrogen-bond donors (Lipinski definition) is 1. The van der Waals surface area contributed by atoms with E-state index >= 15 is 0 Å². The minimum atomic E-state index is -0.695. The van der Waals surface area contributed by atoms with Crippen LogP contribution >= 0.6 is 0 Å². The van der Waals surface area contributed by atoms with E-state index in [-0.39, 0.29) is 12.4 Å². The van der Waals surface area contributed by atoms with Gasteiger partial charge in [0.1, 0.15) is 22.9 Å². The number of aliphatic imine (C=N–C) groups is 1. The van der Waals surface area contributed by atoms with Crippen molar-refractivity contribution in [2.24, 2.45) is 4.99 Å². The molecule has 1 aromatic heterocycles. The van der Waals surface area contributed by atoms with Crippen LogP contribution in [0.5, 0.6) is 5.75 Å². The van der Waals surface area contributed by atoms with Crippen LogP contribution in [0.25, 0.3) is 11.8 Å². The molecule has 1 unspecified atom stereocenters. The number of rotatable bonds is 5. The molecule has 5 rings (SSSR count). The highest BCUT2D eigenvalue weighted by Crippen LogP contribution is 2.40. The molecule has 0 saturated carbocycles. The van der Waals surface area contributed by atoms with Crippen molar-refractivity contribution in [2.75, 3.05) is 33.9 Å². The SMILES string of the molecule is COc1cc(/C=C2/CCN(C)N3C2=NCCC3(CO)c2ccc(F)cc2)ccc1-n1cnc(C)c1. The van der Waals surface area contributed by atoms with Crippen LogP contribution in [-0.2, 0) is 5.54 Å². The molecule has 1 fully saturated rings. The molecule has 3 aromatic rings. The largest absolute Gasteiger partial charge is 0.495 e. The monoisotopic (exact) mass is 475 g/mol. The molecule has 2 aromatic carbocycles. The standard InChI is InChI=1S/C27H30FN5O2/c1-19-16-32(18-30-19)24-9-4-20(15-25(24)35-3)14-21-10-13-31(2)33-26(21)29-12-11-27(33,17-34)22-5-7-23(28)8-6-22/h4-9,14-16,18,34H,10-13,17H2,1-3H3/b21-14-. The fourth-order valence-corrected chi connectivity index (χ4v) is 5.09. The zero-order valence-electron chi connectivity index (χ0n) is 20.3. The fraction of sp³-hybridized carbons (Fsp3) is 0.333. The van der Waals surface area contributed by atoms with Gasteiger partial charge in [0, 0.05) is 26.3 Å². The van der Waals surface area contributed by atoms with Gasteiger partial charge in [-0.15, -0.1) is 0 Å². The van der Waals surface area contributed by atoms with E-state index in [1.165, 1.54) is 12.1 Å². The number of aliphatic hydroxyl groups excluding tert-OH is 1. The molecule has 0 aliphatic carbocycles. The molecule has 2 aliphatic heterocycles. The van der Waals surface area contributed by atoms with Crippen LogP contribution in [-0.4, -0.2) is 64.4 Å². The lowest BCUT2D eigenvalue weighted by Gasteiger charge is -2.53. The van der Waals surface area contributed by atoms with E-state index in [2.05, 4.69) is 27.1 Å². The fourth-order valence-electron chi connectivity index (χ4n) is 5.09. The summed E-state index contributed by atoms with van der Waals surface area (Å²) in [4.78, 5) is 9.20. The van der Waals surface area contributed by atoms with Crippen LogP contribution in [0.3, 0.4) is 0 Å². The number of fused-ring (bicyclic) bond motifs is 1. The van der Waals surface area contributed by atoms with Crippen LogP contribution in [0.4, 0.5) is 4.39 Å². The number of imidazole rings is 1. The van der Waals surface area contributed by atoms with Crippen LogP contribution in [0.15, 0.2) is 65.6 Å². The maximum Gasteiger partial charge on any atom is 0.143 e. The van der Waals surface area contributed by atoms with E-state index < -0.39 is 5.54 Å². The predicted octanol–water partition coefficient (Wildman–Crippen LogP) is 3.95. The second-order valence-corrected chi connectivity index (χ2v) is 9.12. The van der Waals surface area contributed by atoms with Gasteiger partial charge in [-0.1, -0.05) is 18.2 Å². The Morgan fingerprint density at radius 1 is 1.20 bits per heavy atom. The minimum Gasteiger partial charge on any atom is -0.495 e. The summed E-state index contributed by atoms with van der Waals surface area (Å²) in [6.07, 6.45) is 7.35. The molecule has 0 spiro atoms. The number of methoxy groups -OCH3 is 1. The Morgan fingerprint density at radius 2 is 2.00 bits per heavy atom. The van der Waals surface area contributed by atoms with Gasteiger partial charge >= 0.3 is 0 Å². The van der Waals surface area contributed by atoms with Crippen molar-refractivity contribution in [3.05, 3.63) is 83.2 Å². The van der Waals surface area contributed by atoms with Crippen molar-refractivity contribution in [3.63, 3.8) is 0 Å². The molecule has 1 saturated heterocycles. The number of benzene rings is 2. The third-order valence-corrected chi connectivity index (χ3v) is 6.90. The summed E-state index contributed by atoms with van der Waals surface area (Å²) >= 11 is 0. The Labute approximate surface area is 204 Å². The van der Waals surface area contributed by atoms with Crippen molar-refractivity contribution in [1.82, 2.24) is 19.6 Å². The maximum atomic E-state index is 13.7. The van der Waals surface area contributed by atoms with Crippen molar-refractivity contribution >= 4 is 11.9 Å². The van der Waals surface area contributed by atoms with Crippen LogP contribution in [0, 0.1) is 12.7 Å². The number of aryl methyl sites for hydroxylation is 1. The zero-order valence-corrected chi connectivity index (χ0v) is 20.3. The molecule has 1 N–H and O–H groups in total. The average Bonchev–Trinajstić information content (AvgIpc) is 3.31. The third kappa shape index (κ3) is 4.13. The topological polar surface area (TPSA) is 66.1 Å². The summed E-state index contributed by atoms with van der Waals surface area (Å²) in [6.45, 7) is 3.22. The van der Waals surface area contributed by atoms with Crippen molar-refractivity contribution in [3.8, 4) is 11.4 Å². The normalized spacial score (nSPS) is 21.7. The van der Waals surface area contributed by atoms with Crippen molar-refractivity contribution in [2.45, 2.75) is 25.3 Å². The molecular formula is C27H30FN5O2. The highest BCUT2D eigenvalue weighted by Gasteiger charge is 2.46. The Morgan fingerprint density at radius 3 is 2.69 bits per heavy atom. The summed E-state index contributed by atoms with van der Waals surface area (Å²) in [5.41, 5.74) is 4.14. The van der Waals surface area contributed by atoms with E-state index in [4.69, 9.17) is 9.73 Å². The number of amidine groups is 1. The summed E-state index contributed by atoms with van der Waals surface area (Å²) < 4.78 is 21.3. The van der Waals surface area contributed by atoms with E-state index in [0.717, 1.165) is 52.6 Å². The lowest BCUT2D eigenvalue weighted by atomic mass is 9.83. The van der Waals surface area contributed by atoms with Gasteiger partial charge in [-0.05, 0) is 66.8 Å². The smallest absolute Gasteiger partial charge is 0.143 e. The first-order valence-corrected chi connectivity index (χ1v) is 11.8. The van der Waals surface area contributed by atoms with E-state index in [0.29, 0.717) is 13.0 Å². The van der Waals surface area contributed by atoms with E-state index in [1.807, 2.05) is 36.9 Å². The van der Waals surface area contributed by atoms with Crippen molar-refractivity contribution < 1.29 is 14.2 Å². The van der Waals surface area contributed by atoms with Crippen LogP contribution in [0.2, 0.25) is 0 Å². The molecular weight excluding hydrogens is 445 g/mol. The Hall–Kier alpha value is -3.49. The van der Waals surface area contributed by atoms with Gasteiger partial charge in [-0.2, -0.15) is 0 Å². The van der Waals surface area contributed by atoms with Gasteiger partial charge < -0.3 is 14.4 Å². The van der Waals surface area contributed by atoms with Crippen LogP contribution < -0.4 is 4.74 Å². The zero-order chi connectivity index (χ0) is 24.6. The first kappa shape index (κ1) is 23.3. The maximum absolute atomic E-state index is 13.7. The molecule has 2 aliphatic rings. The highest BCUT2D eigenvalue weighted by atomic mass is 19.1. The Kier molecular flexibility index (Phi) is 6.17. The van der Waals surface area contributed by atoms with Gasteiger partial charge in [0.25, 0.3) is 0 Å². The first-order valence-electron chi connectivity index (χ1n) is 11.8.